The van der Waals surface area contributed by atoms with Gasteiger partial charge in [0.1, 0.15) is 18.4 Å². The first-order chi connectivity index (χ1) is 17.1. The van der Waals surface area contributed by atoms with Crippen molar-refractivity contribution in [2.24, 2.45) is 15.9 Å². The average molecular weight is 479 g/mol. The first-order valence-corrected chi connectivity index (χ1v) is 12.7. The number of methoxy groups -OCH3 is 2. The molecule has 0 amide bonds. The Hall–Kier alpha value is -2.86. The van der Waals surface area contributed by atoms with Gasteiger partial charge in [0, 0.05) is 0 Å². The van der Waals surface area contributed by atoms with Gasteiger partial charge in [0.2, 0.25) is 11.8 Å². The molecule has 0 radical (unpaired) electrons. The van der Waals surface area contributed by atoms with Crippen LogP contribution in [0.5, 0.6) is 5.75 Å². The van der Waals surface area contributed by atoms with Gasteiger partial charge in [-0.25, -0.2) is 9.98 Å². The van der Waals surface area contributed by atoms with Gasteiger partial charge in [0.05, 0.1) is 26.9 Å². The van der Waals surface area contributed by atoms with Gasteiger partial charge in [-0.15, -0.1) is 0 Å². The molecule has 2 aliphatic rings. The number of aliphatic imine (C=N–C) groups is 2. The molecule has 2 unspecified atom stereocenters. The monoisotopic (exact) mass is 478 g/mol. The van der Waals surface area contributed by atoms with Crippen LogP contribution in [0.4, 0.5) is 0 Å². The molecule has 2 aromatic rings. The smallest absolute Gasteiger partial charge is 0.211 e. The van der Waals surface area contributed by atoms with E-state index in [4.69, 9.17) is 28.9 Å². The first-order valence-electron chi connectivity index (χ1n) is 12.7. The Labute approximate surface area is 209 Å². The van der Waals surface area contributed by atoms with E-state index in [9.17, 15) is 0 Å². The molecule has 1 heterocycles. The van der Waals surface area contributed by atoms with Crippen LogP contribution in [0.3, 0.4) is 0 Å². The Bertz CT molecular complexity index is 997. The van der Waals surface area contributed by atoms with Crippen LogP contribution in [0.2, 0.25) is 0 Å². The molecule has 6 heteroatoms. The predicted octanol–water partition coefficient (Wildman–Crippen LogP) is 5.81. The molecule has 2 aromatic carbocycles. The molecule has 35 heavy (non-hydrogen) atoms. The highest BCUT2D eigenvalue weighted by atomic mass is 16.5. The van der Waals surface area contributed by atoms with Crippen molar-refractivity contribution in [2.45, 2.75) is 70.2 Å². The molecule has 0 spiro atoms. The highest BCUT2D eigenvalue weighted by Crippen LogP contribution is 2.38. The van der Waals surface area contributed by atoms with Crippen molar-refractivity contribution < 1.29 is 18.9 Å². The van der Waals surface area contributed by atoms with Crippen LogP contribution in [-0.4, -0.2) is 50.8 Å². The number of ether oxygens (including phenoxy) is 4. The molecule has 6 nitrogen and oxygen atoms in total. The molecule has 1 fully saturated rings. The third kappa shape index (κ3) is 6.43. The second-order valence-electron chi connectivity index (χ2n) is 9.67. The fraction of sp³-hybridized carbons (Fsp3) is 0.517. The van der Waals surface area contributed by atoms with Crippen molar-refractivity contribution in [3.8, 4) is 5.75 Å². The lowest BCUT2D eigenvalue weighted by atomic mass is 9.82. The number of rotatable bonds is 8. The third-order valence-corrected chi connectivity index (χ3v) is 6.90. The predicted molar refractivity (Wildman–Crippen MR) is 139 cm³/mol. The van der Waals surface area contributed by atoms with Crippen LogP contribution < -0.4 is 4.74 Å². The van der Waals surface area contributed by atoms with E-state index >= 15 is 0 Å². The second kappa shape index (κ2) is 12.2. The standard InChI is InChI=1S/C29H38N2O4/c1-20(2)27-29(33-4)30-25(28(31-27)32-3)19-34-23-16-14-22(15-17-23)24-12-8-9-13-26(24)35-18-21-10-6-5-7-11-21/h5-13,20,22-23,25,27H,14-19H2,1-4H3. The molecule has 0 N–H and O–H groups in total. The molecule has 0 aromatic heterocycles. The van der Waals surface area contributed by atoms with E-state index in [-0.39, 0.29) is 24.1 Å². The fourth-order valence-electron chi connectivity index (χ4n) is 4.92. The third-order valence-electron chi connectivity index (χ3n) is 6.90. The molecule has 1 aliphatic carbocycles. The highest BCUT2D eigenvalue weighted by molar-refractivity contribution is 5.94. The first kappa shape index (κ1) is 25.2. The van der Waals surface area contributed by atoms with Crippen LogP contribution in [0, 0.1) is 5.92 Å². The lowest BCUT2D eigenvalue weighted by Crippen LogP contribution is -2.40. The van der Waals surface area contributed by atoms with Gasteiger partial charge in [-0.05, 0) is 54.7 Å². The Morgan fingerprint density at radius 3 is 2.20 bits per heavy atom. The molecule has 4 rings (SSSR count). The summed E-state index contributed by atoms with van der Waals surface area (Å²) in [7, 11) is 3.31. The van der Waals surface area contributed by atoms with E-state index in [2.05, 4.69) is 50.2 Å². The number of hydrogen-bond acceptors (Lipinski definition) is 6. The summed E-state index contributed by atoms with van der Waals surface area (Å²) < 4.78 is 23.6. The molecule has 1 aliphatic heterocycles. The molecule has 0 saturated heterocycles. The van der Waals surface area contributed by atoms with Gasteiger partial charge in [0.25, 0.3) is 0 Å². The van der Waals surface area contributed by atoms with Crippen LogP contribution in [0.15, 0.2) is 64.6 Å². The lowest BCUT2D eigenvalue weighted by Gasteiger charge is -2.31. The van der Waals surface area contributed by atoms with Crippen LogP contribution in [0.25, 0.3) is 0 Å². The zero-order chi connectivity index (χ0) is 24.6. The van der Waals surface area contributed by atoms with E-state index < -0.39 is 0 Å². The lowest BCUT2D eigenvalue weighted by molar-refractivity contribution is 0.0216. The van der Waals surface area contributed by atoms with Crippen molar-refractivity contribution in [1.29, 1.82) is 0 Å². The van der Waals surface area contributed by atoms with Gasteiger partial charge < -0.3 is 18.9 Å². The van der Waals surface area contributed by atoms with Gasteiger partial charge in [-0.2, -0.15) is 0 Å². The summed E-state index contributed by atoms with van der Waals surface area (Å²) in [4.78, 5) is 9.50. The minimum absolute atomic E-state index is 0.106. The molecule has 2 atom stereocenters. The summed E-state index contributed by atoms with van der Waals surface area (Å²) in [5, 5.41) is 0. The fourth-order valence-corrected chi connectivity index (χ4v) is 4.92. The zero-order valence-corrected chi connectivity index (χ0v) is 21.4. The van der Waals surface area contributed by atoms with Crippen molar-refractivity contribution in [1.82, 2.24) is 0 Å². The quantitative estimate of drug-likeness (QED) is 0.481. The van der Waals surface area contributed by atoms with Crippen molar-refractivity contribution >= 4 is 11.8 Å². The number of hydrogen-bond donors (Lipinski definition) is 0. The molecule has 1 saturated carbocycles. The van der Waals surface area contributed by atoms with Gasteiger partial charge >= 0.3 is 0 Å². The molecular formula is C29H38N2O4. The average Bonchev–Trinajstić information content (AvgIpc) is 2.91. The summed E-state index contributed by atoms with van der Waals surface area (Å²) in [5.74, 6) is 3.05. The summed E-state index contributed by atoms with van der Waals surface area (Å²) in [5.41, 5.74) is 2.48. The van der Waals surface area contributed by atoms with E-state index in [1.54, 1.807) is 14.2 Å². The van der Waals surface area contributed by atoms with E-state index in [1.165, 1.54) is 11.1 Å². The molecule has 0 bridgehead atoms. The maximum Gasteiger partial charge on any atom is 0.211 e. The van der Waals surface area contributed by atoms with Gasteiger partial charge in [-0.1, -0.05) is 62.4 Å². The summed E-state index contributed by atoms with van der Waals surface area (Å²) in [6.45, 7) is 5.26. The van der Waals surface area contributed by atoms with Gasteiger partial charge in [-0.3, -0.25) is 0 Å². The van der Waals surface area contributed by atoms with Crippen molar-refractivity contribution in [3.05, 3.63) is 65.7 Å². The minimum atomic E-state index is -0.255. The molecular weight excluding hydrogens is 440 g/mol. The number of para-hydroxylation sites is 1. The number of nitrogens with zero attached hydrogens (tertiary/aromatic N) is 2. The topological polar surface area (TPSA) is 61.6 Å². The Balaban J connectivity index is 1.31. The summed E-state index contributed by atoms with van der Waals surface area (Å²) >= 11 is 0. The van der Waals surface area contributed by atoms with E-state index in [0.717, 1.165) is 31.4 Å². The second-order valence-corrected chi connectivity index (χ2v) is 9.67. The Morgan fingerprint density at radius 1 is 0.829 bits per heavy atom. The maximum atomic E-state index is 6.31. The van der Waals surface area contributed by atoms with Crippen molar-refractivity contribution in [2.75, 3.05) is 20.8 Å². The van der Waals surface area contributed by atoms with E-state index in [0.29, 0.717) is 30.9 Å². The SMILES string of the molecule is COC1=NC(C(C)C)C(OC)=NC1COC1CCC(c2ccccc2OCc2ccccc2)CC1. The number of benzene rings is 2. The largest absolute Gasteiger partial charge is 0.489 e. The molecule has 188 valence electrons. The Kier molecular flexibility index (Phi) is 8.80. The van der Waals surface area contributed by atoms with Crippen LogP contribution >= 0.6 is 0 Å². The zero-order valence-electron chi connectivity index (χ0n) is 21.4. The summed E-state index contributed by atoms with van der Waals surface area (Å²) in [6.07, 6.45) is 4.40. The summed E-state index contributed by atoms with van der Waals surface area (Å²) in [6, 6.07) is 18.4. The minimum Gasteiger partial charge on any atom is -0.489 e. The maximum absolute atomic E-state index is 6.31. The van der Waals surface area contributed by atoms with Crippen molar-refractivity contribution in [3.63, 3.8) is 0 Å². The van der Waals surface area contributed by atoms with Crippen LogP contribution in [0.1, 0.15) is 56.6 Å². The Morgan fingerprint density at radius 2 is 1.51 bits per heavy atom. The van der Waals surface area contributed by atoms with Crippen LogP contribution in [-0.2, 0) is 20.8 Å². The van der Waals surface area contributed by atoms with E-state index in [1.807, 2.05) is 18.2 Å². The normalized spacial score (nSPS) is 24.5. The highest BCUT2D eigenvalue weighted by Gasteiger charge is 2.32. The van der Waals surface area contributed by atoms with Gasteiger partial charge in [0.15, 0.2) is 6.04 Å².